The van der Waals surface area contributed by atoms with Crippen LogP contribution in [0.5, 0.6) is 5.88 Å². The van der Waals surface area contributed by atoms with Gasteiger partial charge in [-0.1, -0.05) is 19.8 Å². The van der Waals surface area contributed by atoms with Crippen molar-refractivity contribution in [3.05, 3.63) is 16.4 Å². The predicted molar refractivity (Wildman–Crippen MR) is 70.3 cm³/mol. The van der Waals surface area contributed by atoms with E-state index in [-0.39, 0.29) is 23.4 Å². The third-order valence-corrected chi connectivity index (χ3v) is 3.44. The molecule has 7 nitrogen and oxygen atoms in total. The number of methoxy groups -OCH3 is 1. The van der Waals surface area contributed by atoms with E-state index in [4.69, 9.17) is 4.74 Å². The van der Waals surface area contributed by atoms with Gasteiger partial charge in [-0.05, 0) is 18.8 Å². The van der Waals surface area contributed by atoms with E-state index in [9.17, 15) is 10.1 Å². The van der Waals surface area contributed by atoms with Gasteiger partial charge in [-0.3, -0.25) is 10.1 Å². The van der Waals surface area contributed by atoms with Crippen molar-refractivity contribution >= 4 is 11.5 Å². The van der Waals surface area contributed by atoms with E-state index < -0.39 is 4.92 Å². The number of hydrogen-bond donors (Lipinski definition) is 1. The van der Waals surface area contributed by atoms with Gasteiger partial charge in [-0.2, -0.15) is 4.98 Å². The maximum absolute atomic E-state index is 11.1. The highest BCUT2D eigenvalue weighted by Gasteiger charge is 2.27. The molecule has 1 fully saturated rings. The maximum atomic E-state index is 11.1. The highest BCUT2D eigenvalue weighted by atomic mass is 16.6. The summed E-state index contributed by atoms with van der Waals surface area (Å²) in [5.74, 6) is 0.872. The average Bonchev–Trinajstić information content (AvgIpc) is 2.38. The van der Waals surface area contributed by atoms with Gasteiger partial charge in [0.25, 0.3) is 5.88 Å². The summed E-state index contributed by atoms with van der Waals surface area (Å²) < 4.78 is 4.92. The first-order valence-corrected chi connectivity index (χ1v) is 6.41. The van der Waals surface area contributed by atoms with E-state index in [0.717, 1.165) is 19.3 Å². The Bertz CT molecular complexity index is 466. The molecule has 19 heavy (non-hydrogen) atoms. The third-order valence-electron chi connectivity index (χ3n) is 3.44. The summed E-state index contributed by atoms with van der Waals surface area (Å²) >= 11 is 0. The molecule has 1 aliphatic carbocycles. The van der Waals surface area contributed by atoms with Crippen molar-refractivity contribution < 1.29 is 9.66 Å². The van der Waals surface area contributed by atoms with Gasteiger partial charge >= 0.3 is 5.69 Å². The van der Waals surface area contributed by atoms with Crippen LogP contribution in [0.2, 0.25) is 0 Å². The molecular formula is C12H18N4O3. The van der Waals surface area contributed by atoms with Crippen LogP contribution in [0.15, 0.2) is 6.33 Å². The molecule has 2 rings (SSSR count). The molecule has 2 unspecified atom stereocenters. The molecular weight excluding hydrogens is 248 g/mol. The SMILES string of the molecule is COc1ncnc(NC2CCCC(C)C2)c1[N+](=O)[O-]. The summed E-state index contributed by atoms with van der Waals surface area (Å²) in [6, 6.07) is 0.224. The van der Waals surface area contributed by atoms with Crippen LogP contribution < -0.4 is 10.1 Å². The molecule has 0 spiro atoms. The van der Waals surface area contributed by atoms with Crippen molar-refractivity contribution in [3.8, 4) is 5.88 Å². The summed E-state index contributed by atoms with van der Waals surface area (Å²) in [4.78, 5) is 18.4. The van der Waals surface area contributed by atoms with Gasteiger partial charge in [0.15, 0.2) is 0 Å². The molecule has 1 aromatic heterocycles. The highest BCUT2D eigenvalue weighted by molar-refractivity contribution is 5.61. The summed E-state index contributed by atoms with van der Waals surface area (Å²) in [7, 11) is 1.36. The van der Waals surface area contributed by atoms with Gasteiger partial charge in [-0.25, -0.2) is 4.98 Å². The van der Waals surface area contributed by atoms with Crippen LogP contribution in [-0.2, 0) is 0 Å². The number of nitrogens with one attached hydrogen (secondary N) is 1. The Balaban J connectivity index is 2.21. The lowest BCUT2D eigenvalue weighted by atomic mass is 9.87. The van der Waals surface area contributed by atoms with Gasteiger partial charge in [0, 0.05) is 6.04 Å². The largest absolute Gasteiger partial charge is 0.476 e. The molecule has 1 N–H and O–H groups in total. The number of aromatic nitrogens is 2. The lowest BCUT2D eigenvalue weighted by molar-refractivity contribution is -0.385. The normalized spacial score (nSPS) is 22.8. The van der Waals surface area contributed by atoms with E-state index in [0.29, 0.717) is 5.92 Å². The van der Waals surface area contributed by atoms with Crippen molar-refractivity contribution in [1.82, 2.24) is 9.97 Å². The van der Waals surface area contributed by atoms with Gasteiger partial charge in [0.1, 0.15) is 6.33 Å². The molecule has 0 radical (unpaired) electrons. The van der Waals surface area contributed by atoms with Crippen LogP contribution >= 0.6 is 0 Å². The standard InChI is InChI=1S/C12H18N4O3/c1-8-4-3-5-9(6-8)15-11-10(16(17)18)12(19-2)14-7-13-11/h7-9H,3-6H2,1-2H3,(H,13,14,15). The van der Waals surface area contributed by atoms with Crippen molar-refractivity contribution in [2.24, 2.45) is 5.92 Å². The first-order chi connectivity index (χ1) is 9.11. The molecule has 0 bridgehead atoms. The van der Waals surface area contributed by atoms with Gasteiger partial charge < -0.3 is 10.1 Å². The molecule has 104 valence electrons. The van der Waals surface area contributed by atoms with E-state index in [1.165, 1.54) is 19.9 Å². The minimum Gasteiger partial charge on any atom is -0.476 e. The topological polar surface area (TPSA) is 90.2 Å². The Morgan fingerprint density at radius 2 is 2.26 bits per heavy atom. The van der Waals surface area contributed by atoms with Crippen LogP contribution in [-0.4, -0.2) is 28.0 Å². The molecule has 1 aromatic rings. The molecule has 1 saturated carbocycles. The number of nitro groups is 1. The fraction of sp³-hybridized carbons (Fsp3) is 0.667. The molecule has 0 aliphatic heterocycles. The van der Waals surface area contributed by atoms with Crippen LogP contribution in [0.25, 0.3) is 0 Å². The highest BCUT2D eigenvalue weighted by Crippen LogP contribution is 2.33. The Kier molecular flexibility index (Phi) is 4.13. The number of hydrogen-bond acceptors (Lipinski definition) is 6. The number of ether oxygens (including phenoxy) is 1. The Morgan fingerprint density at radius 1 is 1.47 bits per heavy atom. The molecule has 1 aliphatic rings. The number of rotatable bonds is 4. The lowest BCUT2D eigenvalue weighted by Gasteiger charge is -2.27. The zero-order valence-electron chi connectivity index (χ0n) is 11.1. The predicted octanol–water partition coefficient (Wildman–Crippen LogP) is 2.38. The Labute approximate surface area is 111 Å². The summed E-state index contributed by atoms with van der Waals surface area (Å²) in [6.07, 6.45) is 5.64. The second-order valence-corrected chi connectivity index (χ2v) is 4.95. The minimum absolute atomic E-state index is 0.00800. The smallest absolute Gasteiger partial charge is 0.372 e. The van der Waals surface area contributed by atoms with Crippen molar-refractivity contribution in [2.45, 2.75) is 38.6 Å². The van der Waals surface area contributed by atoms with E-state index in [1.54, 1.807) is 0 Å². The van der Waals surface area contributed by atoms with Crippen LogP contribution in [0.4, 0.5) is 11.5 Å². The minimum atomic E-state index is -0.507. The third kappa shape index (κ3) is 3.10. The summed E-state index contributed by atoms with van der Waals surface area (Å²) in [5.41, 5.74) is -0.191. The molecule has 2 atom stereocenters. The molecule has 0 saturated heterocycles. The fourth-order valence-electron chi connectivity index (χ4n) is 2.54. The van der Waals surface area contributed by atoms with Gasteiger partial charge in [0.2, 0.25) is 5.82 Å². The van der Waals surface area contributed by atoms with Crippen LogP contribution in [0.3, 0.4) is 0 Å². The molecule has 0 aromatic carbocycles. The zero-order valence-corrected chi connectivity index (χ0v) is 11.1. The Hall–Kier alpha value is -1.92. The first kappa shape index (κ1) is 13.5. The first-order valence-electron chi connectivity index (χ1n) is 6.41. The fourth-order valence-corrected chi connectivity index (χ4v) is 2.54. The van der Waals surface area contributed by atoms with Crippen LogP contribution in [0.1, 0.15) is 32.6 Å². The Morgan fingerprint density at radius 3 is 2.89 bits per heavy atom. The number of nitrogens with zero attached hydrogens (tertiary/aromatic N) is 3. The van der Waals surface area contributed by atoms with Crippen LogP contribution in [0, 0.1) is 16.0 Å². The second kappa shape index (κ2) is 5.81. The van der Waals surface area contributed by atoms with E-state index in [2.05, 4.69) is 22.2 Å². The maximum Gasteiger partial charge on any atom is 0.372 e. The molecule has 0 amide bonds. The summed E-state index contributed by atoms with van der Waals surface area (Å²) in [6.45, 7) is 2.20. The van der Waals surface area contributed by atoms with Gasteiger partial charge in [-0.15, -0.1) is 0 Å². The quantitative estimate of drug-likeness (QED) is 0.664. The zero-order chi connectivity index (χ0) is 13.8. The monoisotopic (exact) mass is 266 g/mol. The lowest BCUT2D eigenvalue weighted by Crippen LogP contribution is -2.27. The second-order valence-electron chi connectivity index (χ2n) is 4.95. The van der Waals surface area contributed by atoms with Crippen molar-refractivity contribution in [3.63, 3.8) is 0 Å². The van der Waals surface area contributed by atoms with Gasteiger partial charge in [0.05, 0.1) is 12.0 Å². The van der Waals surface area contributed by atoms with E-state index in [1.807, 2.05) is 0 Å². The number of anilines is 1. The summed E-state index contributed by atoms with van der Waals surface area (Å²) in [5, 5.41) is 14.3. The molecule has 1 heterocycles. The van der Waals surface area contributed by atoms with E-state index >= 15 is 0 Å². The van der Waals surface area contributed by atoms with Crippen molar-refractivity contribution in [1.29, 1.82) is 0 Å². The van der Waals surface area contributed by atoms with Crippen molar-refractivity contribution in [2.75, 3.05) is 12.4 Å². The average molecular weight is 266 g/mol. The molecule has 7 heteroatoms.